The maximum Gasteiger partial charge on any atom is 0.262 e. The highest BCUT2D eigenvalue weighted by atomic mass is 19.1. The number of aliphatic hydroxyl groups is 1. The number of nitrogens with zero attached hydrogens (tertiary/aromatic N) is 1. The predicted molar refractivity (Wildman–Crippen MR) is 70.7 cm³/mol. The zero-order chi connectivity index (χ0) is 13.8. The van der Waals surface area contributed by atoms with Gasteiger partial charge < -0.3 is 15.7 Å². The van der Waals surface area contributed by atoms with Gasteiger partial charge in [0, 0.05) is 12.2 Å². The van der Waals surface area contributed by atoms with E-state index < -0.39 is 11.7 Å². The van der Waals surface area contributed by atoms with Crippen LogP contribution in [-0.4, -0.2) is 29.9 Å². The van der Waals surface area contributed by atoms with Crippen LogP contribution in [0.5, 0.6) is 0 Å². The Hall–Kier alpha value is -2.37. The van der Waals surface area contributed by atoms with E-state index >= 15 is 0 Å². The minimum Gasteiger partial charge on any atom is -0.512 e. The number of anilines is 1. The highest BCUT2D eigenvalue weighted by Gasteiger charge is 2.21. The molecule has 1 heterocycles. The first-order chi connectivity index (χ1) is 9.08. The Balaban J connectivity index is 2.20. The van der Waals surface area contributed by atoms with E-state index in [2.05, 4.69) is 15.6 Å². The van der Waals surface area contributed by atoms with Gasteiger partial charge in [-0.1, -0.05) is 6.07 Å². The molecule has 0 atom stereocenters. The van der Waals surface area contributed by atoms with Gasteiger partial charge in [-0.05, 0) is 25.1 Å². The minimum atomic E-state index is -0.529. The molecule has 0 radical (unpaired) electrons. The van der Waals surface area contributed by atoms with Gasteiger partial charge in [-0.2, -0.15) is 0 Å². The van der Waals surface area contributed by atoms with Crippen molar-refractivity contribution in [1.82, 2.24) is 5.32 Å². The Morgan fingerprint density at radius 1 is 1.53 bits per heavy atom. The molecule has 0 aliphatic carbocycles. The first kappa shape index (κ1) is 13.1. The second-order valence-corrected chi connectivity index (χ2v) is 4.08. The Kier molecular flexibility index (Phi) is 3.79. The monoisotopic (exact) mass is 263 g/mol. The first-order valence-electron chi connectivity index (χ1n) is 5.83. The molecular weight excluding hydrogens is 249 g/mol. The number of allylic oxidation sites excluding steroid dienone is 1. The lowest BCUT2D eigenvalue weighted by Gasteiger charge is -2.10. The largest absolute Gasteiger partial charge is 0.512 e. The summed E-state index contributed by atoms with van der Waals surface area (Å²) >= 11 is 0. The number of halogens is 1. The number of rotatable bonds is 3. The summed E-state index contributed by atoms with van der Waals surface area (Å²) in [5.74, 6) is -0.755. The van der Waals surface area contributed by atoms with Crippen LogP contribution in [0.15, 0.2) is 40.6 Å². The lowest BCUT2D eigenvalue weighted by Crippen LogP contribution is -2.29. The number of carbonyl (C=O) groups excluding carboxylic acids is 1. The van der Waals surface area contributed by atoms with E-state index in [1.165, 1.54) is 25.1 Å². The molecule has 0 saturated carbocycles. The number of nitrogens with one attached hydrogen (secondary N) is 2. The quantitative estimate of drug-likeness (QED) is 0.573. The maximum atomic E-state index is 13.0. The Morgan fingerprint density at radius 3 is 2.89 bits per heavy atom. The number of hydrogen-bond donors (Lipinski definition) is 3. The molecular formula is C13H14FN3O2. The SMILES string of the molecule is C/C(O)=C(/C(=O)Nc1cccc(F)c1)C1=NCCN1. The third-order valence-corrected chi connectivity index (χ3v) is 2.58. The minimum absolute atomic E-state index is 0.0711. The molecule has 0 aromatic heterocycles. The van der Waals surface area contributed by atoms with Crippen molar-refractivity contribution in [3.63, 3.8) is 0 Å². The Morgan fingerprint density at radius 2 is 2.32 bits per heavy atom. The third kappa shape index (κ3) is 3.09. The van der Waals surface area contributed by atoms with E-state index in [1.54, 1.807) is 6.07 Å². The van der Waals surface area contributed by atoms with Crippen LogP contribution in [0.3, 0.4) is 0 Å². The Labute approximate surface area is 109 Å². The van der Waals surface area contributed by atoms with Gasteiger partial charge in [-0.3, -0.25) is 9.79 Å². The molecule has 19 heavy (non-hydrogen) atoms. The van der Waals surface area contributed by atoms with Crippen LogP contribution >= 0.6 is 0 Å². The van der Waals surface area contributed by atoms with Crippen molar-refractivity contribution in [2.24, 2.45) is 4.99 Å². The van der Waals surface area contributed by atoms with Crippen molar-refractivity contribution in [3.8, 4) is 0 Å². The van der Waals surface area contributed by atoms with E-state index in [-0.39, 0.29) is 11.3 Å². The van der Waals surface area contributed by atoms with Gasteiger partial charge in [0.2, 0.25) is 0 Å². The second-order valence-electron chi connectivity index (χ2n) is 4.08. The molecule has 0 fully saturated rings. The fourth-order valence-corrected chi connectivity index (χ4v) is 1.77. The molecule has 5 nitrogen and oxygen atoms in total. The summed E-state index contributed by atoms with van der Waals surface area (Å²) in [4.78, 5) is 16.2. The number of amidine groups is 1. The van der Waals surface area contributed by atoms with E-state index in [9.17, 15) is 14.3 Å². The van der Waals surface area contributed by atoms with Crippen LogP contribution in [0.4, 0.5) is 10.1 Å². The lowest BCUT2D eigenvalue weighted by molar-refractivity contribution is -0.112. The van der Waals surface area contributed by atoms with Crippen LogP contribution < -0.4 is 10.6 Å². The zero-order valence-corrected chi connectivity index (χ0v) is 10.4. The molecule has 2 rings (SSSR count). The molecule has 1 aliphatic rings. The molecule has 0 spiro atoms. The average molecular weight is 263 g/mol. The molecule has 1 amide bonds. The lowest BCUT2D eigenvalue weighted by atomic mass is 10.2. The normalized spacial score (nSPS) is 15.4. The van der Waals surface area contributed by atoms with Crippen molar-refractivity contribution in [2.45, 2.75) is 6.92 Å². The van der Waals surface area contributed by atoms with Gasteiger partial charge in [0.05, 0.1) is 6.54 Å². The van der Waals surface area contributed by atoms with Crippen molar-refractivity contribution in [1.29, 1.82) is 0 Å². The van der Waals surface area contributed by atoms with E-state index in [0.29, 0.717) is 24.6 Å². The van der Waals surface area contributed by atoms with Gasteiger partial charge in [0.15, 0.2) is 0 Å². The van der Waals surface area contributed by atoms with Crippen LogP contribution in [0.2, 0.25) is 0 Å². The highest BCUT2D eigenvalue weighted by molar-refractivity contribution is 6.25. The van der Waals surface area contributed by atoms with E-state index in [4.69, 9.17) is 0 Å². The maximum absolute atomic E-state index is 13.0. The van der Waals surface area contributed by atoms with Crippen molar-refractivity contribution in [2.75, 3.05) is 18.4 Å². The fourth-order valence-electron chi connectivity index (χ4n) is 1.77. The molecule has 0 bridgehead atoms. The topological polar surface area (TPSA) is 73.7 Å². The predicted octanol–water partition coefficient (Wildman–Crippen LogP) is 1.60. The summed E-state index contributed by atoms with van der Waals surface area (Å²) in [6.07, 6.45) is 0. The standard InChI is InChI=1S/C13H14FN3O2/c1-8(18)11(12-15-5-6-16-12)13(19)17-10-4-2-3-9(14)7-10/h2-4,7,18H,5-6H2,1H3,(H,15,16)(H,17,19)/b11-8-. The van der Waals surface area contributed by atoms with Crippen LogP contribution in [-0.2, 0) is 4.79 Å². The summed E-state index contributed by atoms with van der Waals surface area (Å²) in [6.45, 7) is 2.59. The van der Waals surface area contributed by atoms with Crippen molar-refractivity contribution < 1.29 is 14.3 Å². The van der Waals surface area contributed by atoms with Gasteiger partial charge in [-0.15, -0.1) is 0 Å². The molecule has 6 heteroatoms. The summed E-state index contributed by atoms with van der Waals surface area (Å²) in [6, 6.07) is 5.54. The molecule has 1 aromatic rings. The summed E-state index contributed by atoms with van der Waals surface area (Å²) in [5, 5.41) is 15.0. The molecule has 0 unspecified atom stereocenters. The van der Waals surface area contributed by atoms with Gasteiger partial charge in [-0.25, -0.2) is 4.39 Å². The van der Waals surface area contributed by atoms with Crippen LogP contribution in [0.25, 0.3) is 0 Å². The molecule has 100 valence electrons. The molecule has 0 saturated heterocycles. The highest BCUT2D eigenvalue weighted by Crippen LogP contribution is 2.13. The number of hydrogen-bond acceptors (Lipinski definition) is 4. The summed E-state index contributed by atoms with van der Waals surface area (Å²) in [5.41, 5.74) is 0.393. The molecule has 3 N–H and O–H groups in total. The molecule has 1 aromatic carbocycles. The van der Waals surface area contributed by atoms with Gasteiger partial charge in [0.1, 0.15) is 23.0 Å². The number of carbonyl (C=O) groups is 1. The number of aliphatic hydroxyl groups excluding tert-OH is 1. The van der Waals surface area contributed by atoms with Crippen molar-refractivity contribution >= 4 is 17.4 Å². The third-order valence-electron chi connectivity index (χ3n) is 2.58. The van der Waals surface area contributed by atoms with Crippen molar-refractivity contribution in [3.05, 3.63) is 41.4 Å². The van der Waals surface area contributed by atoms with Crippen LogP contribution in [0, 0.1) is 5.82 Å². The summed E-state index contributed by atoms with van der Waals surface area (Å²) in [7, 11) is 0. The zero-order valence-electron chi connectivity index (χ0n) is 10.4. The number of amides is 1. The molecule has 1 aliphatic heterocycles. The smallest absolute Gasteiger partial charge is 0.262 e. The second kappa shape index (κ2) is 5.51. The Bertz CT molecular complexity index is 563. The van der Waals surface area contributed by atoms with Crippen LogP contribution in [0.1, 0.15) is 6.92 Å². The average Bonchev–Trinajstić information content (AvgIpc) is 2.82. The van der Waals surface area contributed by atoms with Gasteiger partial charge >= 0.3 is 0 Å². The first-order valence-corrected chi connectivity index (χ1v) is 5.83. The summed E-state index contributed by atoms with van der Waals surface area (Å²) < 4.78 is 13.0. The van der Waals surface area contributed by atoms with E-state index in [0.717, 1.165) is 0 Å². The fraction of sp³-hybridized carbons (Fsp3) is 0.231. The number of aliphatic imine (C=N–C) groups is 1. The van der Waals surface area contributed by atoms with Gasteiger partial charge in [0.25, 0.3) is 5.91 Å². The van der Waals surface area contributed by atoms with E-state index in [1.807, 2.05) is 0 Å². The number of benzene rings is 1.